The maximum Gasteiger partial charge on any atom is 1.00 e. The molecule has 64 valence electrons. The third-order valence-corrected chi connectivity index (χ3v) is 1.85. The van der Waals surface area contributed by atoms with Crippen molar-refractivity contribution in [3.63, 3.8) is 0 Å². The number of rotatable bonds is 0. The van der Waals surface area contributed by atoms with Gasteiger partial charge < -0.3 is 23.5 Å². The molecule has 1 rings (SSSR count). The van der Waals surface area contributed by atoms with Gasteiger partial charge in [0.1, 0.15) is 0 Å². The van der Waals surface area contributed by atoms with Gasteiger partial charge in [-0.15, -0.1) is 0 Å². The molecule has 0 saturated carbocycles. The van der Waals surface area contributed by atoms with Gasteiger partial charge in [0.05, 0.1) is 31.0 Å². The van der Waals surface area contributed by atoms with Crippen molar-refractivity contribution in [1.29, 1.82) is 0 Å². The monoisotopic (exact) mass is 195 g/mol. The van der Waals surface area contributed by atoms with Crippen LogP contribution in [0.2, 0.25) is 0 Å². The average Bonchev–Trinajstić information content (AvgIpc) is 1.93. The zero-order valence-electron chi connectivity index (χ0n) is 9.90. The molecule has 0 bridgehead atoms. The van der Waals surface area contributed by atoms with Crippen LogP contribution in [0.5, 0.6) is 0 Å². The van der Waals surface area contributed by atoms with Gasteiger partial charge in [-0.2, -0.15) is 0 Å². The van der Waals surface area contributed by atoms with Gasteiger partial charge in [0.15, 0.2) is 0 Å². The van der Waals surface area contributed by atoms with Crippen LogP contribution >= 0.6 is 0 Å². The van der Waals surface area contributed by atoms with Gasteiger partial charge in [-0.25, -0.2) is 0 Å². The maximum atomic E-state index is 9.21. The van der Waals surface area contributed by atoms with Gasteiger partial charge in [-0.1, -0.05) is 0 Å². The second kappa shape index (κ2) is 7.17. The zero-order valence-corrected chi connectivity index (χ0v) is 11.9. The number of hydrogen-bond acceptors (Lipinski definition) is 4. The summed E-state index contributed by atoms with van der Waals surface area (Å²) in [5.74, 6) is 0. The molecule has 4 nitrogen and oxygen atoms in total. The molecule has 4 atom stereocenters. The van der Waals surface area contributed by atoms with Crippen molar-refractivity contribution >= 4 is 0 Å². The molecular weight excluding hydrogens is 180 g/mol. The topological polar surface area (TPSA) is 75.7 Å². The minimum Gasteiger partial charge on any atom is -1.00 e. The summed E-state index contributed by atoms with van der Waals surface area (Å²) in [6.07, 6.45) is -1.74. The largest absolute Gasteiger partial charge is 1.00 e. The van der Waals surface area contributed by atoms with E-state index in [4.69, 9.17) is 15.6 Å². The van der Waals surface area contributed by atoms with E-state index in [0.717, 1.165) is 0 Å². The Morgan fingerprint density at radius 3 is 2.33 bits per heavy atom. The predicted molar refractivity (Wildman–Crippen MR) is 37.6 cm³/mol. The molecule has 1 aliphatic heterocycles. The normalized spacial score (nSPS) is 41.0. The van der Waals surface area contributed by atoms with E-state index < -0.39 is 18.2 Å². The fourth-order valence-corrected chi connectivity index (χ4v) is 1.00. The summed E-state index contributed by atoms with van der Waals surface area (Å²) in [6.45, 7) is 1.95. The quantitative estimate of drug-likeness (QED) is 0.336. The Bertz CT molecular complexity index is 122. The number of hydrogen-bond donors (Lipinski definition) is 3. The van der Waals surface area contributed by atoms with E-state index in [-0.39, 0.29) is 74.7 Å². The Morgan fingerprint density at radius 2 is 1.92 bits per heavy atom. The van der Waals surface area contributed by atoms with Gasteiger partial charge in [-0.3, -0.25) is 0 Å². The van der Waals surface area contributed by atoms with E-state index in [1.54, 1.807) is 6.92 Å². The molecule has 0 spiro atoms. The minimum atomic E-state index is -0.747. The fourth-order valence-electron chi connectivity index (χ4n) is 1.00. The van der Waals surface area contributed by atoms with E-state index in [9.17, 15) is 5.11 Å². The molecule has 12 heavy (non-hydrogen) atoms. The fraction of sp³-hybridized carbons (Fsp3) is 1.00. The summed E-state index contributed by atoms with van der Waals surface area (Å²) in [5, 5.41) is 18.3. The van der Waals surface area contributed by atoms with Crippen molar-refractivity contribution in [2.24, 2.45) is 5.73 Å². The Kier molecular flexibility index (Phi) is 9.73. The van der Waals surface area contributed by atoms with Crippen LogP contribution in [0.3, 0.4) is 0 Å². The molecule has 0 aromatic rings. The first-order valence-corrected chi connectivity index (χ1v) is 3.36. The van der Waals surface area contributed by atoms with Crippen LogP contribution in [-0.4, -0.2) is 41.2 Å². The van der Waals surface area contributed by atoms with Crippen LogP contribution in [0.4, 0.5) is 0 Å². The number of nitrogens with two attached hydrogens (primary N) is 1. The third-order valence-electron chi connectivity index (χ3n) is 1.85. The molecule has 0 aliphatic carbocycles. The first-order valence-electron chi connectivity index (χ1n) is 3.36. The Morgan fingerprint density at radius 1 is 1.42 bits per heavy atom. The van der Waals surface area contributed by atoms with E-state index in [1.165, 1.54) is 0 Å². The average molecular weight is 195 g/mol. The summed E-state index contributed by atoms with van der Waals surface area (Å²) in [4.78, 5) is 0. The first kappa shape index (κ1) is 16.3. The standard InChI is InChI=1S/C6H13NO3.2Na.2H/c1-3-6(9)5(7)4(8)2-10-3;;;;/h3-6,8-9H,2,7H2,1H3;;;;/q;2*+1;2*-1/t3-,4+,5+,6-;;;;/m1..../s1. The maximum absolute atomic E-state index is 9.21. The van der Waals surface area contributed by atoms with E-state index in [0.29, 0.717) is 0 Å². The Hall–Kier alpha value is 1.84. The van der Waals surface area contributed by atoms with Gasteiger partial charge in [0.2, 0.25) is 0 Å². The van der Waals surface area contributed by atoms with E-state index in [2.05, 4.69) is 0 Å². The van der Waals surface area contributed by atoms with Crippen LogP contribution in [0.15, 0.2) is 0 Å². The molecule has 0 unspecified atom stereocenters. The van der Waals surface area contributed by atoms with E-state index in [1.807, 2.05) is 0 Å². The van der Waals surface area contributed by atoms with Crippen LogP contribution in [0.25, 0.3) is 0 Å². The number of aliphatic hydroxyl groups excluding tert-OH is 2. The van der Waals surface area contributed by atoms with Crippen molar-refractivity contribution < 1.29 is 76.9 Å². The van der Waals surface area contributed by atoms with Crippen molar-refractivity contribution in [3.8, 4) is 0 Å². The molecule has 0 amide bonds. The van der Waals surface area contributed by atoms with Gasteiger partial charge in [0, 0.05) is 0 Å². The van der Waals surface area contributed by atoms with E-state index >= 15 is 0 Å². The molecule has 4 N–H and O–H groups in total. The molecule has 1 fully saturated rings. The molecule has 1 aliphatic rings. The molecule has 0 aromatic heterocycles. The van der Waals surface area contributed by atoms with Crippen molar-refractivity contribution in [2.75, 3.05) is 6.61 Å². The molecule has 0 aromatic carbocycles. The predicted octanol–water partition coefficient (Wildman–Crippen LogP) is -7.31. The Labute approximate surface area is 119 Å². The van der Waals surface area contributed by atoms with Crippen LogP contribution in [0.1, 0.15) is 9.78 Å². The van der Waals surface area contributed by atoms with Crippen LogP contribution in [0, 0.1) is 0 Å². The zero-order chi connectivity index (χ0) is 7.72. The summed E-state index contributed by atoms with van der Waals surface area (Å²) in [5.41, 5.74) is 5.43. The van der Waals surface area contributed by atoms with Gasteiger partial charge in [0.25, 0.3) is 0 Å². The summed E-state index contributed by atoms with van der Waals surface area (Å²) in [6, 6.07) is -0.566. The van der Waals surface area contributed by atoms with Crippen molar-refractivity contribution in [1.82, 2.24) is 0 Å². The Balaban J connectivity index is -0.000000125. The summed E-state index contributed by atoms with van der Waals surface area (Å²) in [7, 11) is 0. The second-order valence-electron chi connectivity index (χ2n) is 2.67. The molecule has 6 heteroatoms. The van der Waals surface area contributed by atoms with Crippen molar-refractivity contribution in [3.05, 3.63) is 0 Å². The summed E-state index contributed by atoms with van der Waals surface area (Å²) >= 11 is 0. The first-order chi connectivity index (χ1) is 4.63. The van der Waals surface area contributed by atoms with Crippen molar-refractivity contribution in [2.45, 2.75) is 31.3 Å². The minimum absolute atomic E-state index is 0. The van der Waals surface area contributed by atoms with Crippen LogP contribution in [-0.2, 0) is 4.74 Å². The summed E-state index contributed by atoms with van der Waals surface area (Å²) < 4.78 is 4.99. The second-order valence-corrected chi connectivity index (χ2v) is 2.67. The van der Waals surface area contributed by atoms with Gasteiger partial charge in [-0.05, 0) is 6.92 Å². The molecule has 1 heterocycles. The van der Waals surface area contributed by atoms with Crippen LogP contribution < -0.4 is 64.8 Å². The third kappa shape index (κ3) is 3.92. The molecular formula is C6H15NNa2O3. The number of ether oxygens (including phenoxy) is 1. The molecule has 1 saturated heterocycles. The SMILES string of the molecule is C[C@H]1OC[C@H](O)[C@H](N)[C@@H]1O.[H-].[H-].[Na+].[Na+]. The smallest absolute Gasteiger partial charge is 1.00 e. The van der Waals surface area contributed by atoms with Gasteiger partial charge >= 0.3 is 59.1 Å². The molecule has 0 radical (unpaired) electrons. The number of aliphatic hydroxyl groups is 2.